The van der Waals surface area contributed by atoms with Crippen molar-refractivity contribution >= 4 is 17.7 Å². The molecule has 1 saturated carbocycles. The van der Waals surface area contributed by atoms with Crippen molar-refractivity contribution in [2.24, 2.45) is 11.8 Å². The normalized spacial score (nSPS) is 29.8. The van der Waals surface area contributed by atoms with E-state index in [1.807, 2.05) is 44.2 Å². The second kappa shape index (κ2) is 16.1. The van der Waals surface area contributed by atoms with E-state index in [-0.39, 0.29) is 23.8 Å². The number of carbonyl (C=O) groups is 3. The van der Waals surface area contributed by atoms with E-state index in [0.29, 0.717) is 32.0 Å². The first-order chi connectivity index (χ1) is 19.2. The Kier molecular flexibility index (Phi) is 12.9. The van der Waals surface area contributed by atoms with Gasteiger partial charge in [-0.15, -0.1) is 0 Å². The van der Waals surface area contributed by atoms with Crippen LogP contribution in [0.4, 0.5) is 0 Å². The number of amides is 3. The number of nitrogens with one attached hydrogen (secondary N) is 3. The highest BCUT2D eigenvalue weighted by Gasteiger charge is 2.37. The van der Waals surface area contributed by atoms with Crippen LogP contribution in [0.1, 0.15) is 71.3 Å². The lowest BCUT2D eigenvalue weighted by Gasteiger charge is -2.35. The van der Waals surface area contributed by atoms with Crippen molar-refractivity contribution in [1.82, 2.24) is 20.9 Å². The molecule has 40 heavy (non-hydrogen) atoms. The number of fused-ring (bicyclic) bond motifs is 1. The van der Waals surface area contributed by atoms with Crippen LogP contribution in [0.2, 0.25) is 0 Å². The maximum atomic E-state index is 13.7. The van der Waals surface area contributed by atoms with Crippen molar-refractivity contribution in [2.75, 3.05) is 26.7 Å². The first-order valence-electron chi connectivity index (χ1n) is 15.1. The number of ether oxygens (including phenoxy) is 1. The zero-order valence-corrected chi connectivity index (χ0v) is 24.7. The molecule has 1 saturated heterocycles. The van der Waals surface area contributed by atoms with Crippen LogP contribution >= 0.6 is 0 Å². The Morgan fingerprint density at radius 1 is 1.00 bits per heavy atom. The molecule has 4 N–H and O–H groups in total. The summed E-state index contributed by atoms with van der Waals surface area (Å²) in [6.45, 7) is 7.07. The van der Waals surface area contributed by atoms with Gasteiger partial charge < -0.3 is 30.7 Å². The lowest BCUT2D eigenvalue weighted by Crippen LogP contribution is -2.61. The molecule has 3 amide bonds. The second-order valence-corrected chi connectivity index (χ2v) is 11.6. The lowest BCUT2D eigenvalue weighted by atomic mass is 9.83. The Morgan fingerprint density at radius 3 is 2.40 bits per heavy atom. The van der Waals surface area contributed by atoms with Gasteiger partial charge in [-0.2, -0.15) is 0 Å². The van der Waals surface area contributed by atoms with Crippen LogP contribution in [0, 0.1) is 11.8 Å². The van der Waals surface area contributed by atoms with E-state index in [1.54, 1.807) is 7.05 Å². The van der Waals surface area contributed by atoms with Gasteiger partial charge in [0.15, 0.2) is 0 Å². The fourth-order valence-corrected chi connectivity index (χ4v) is 6.01. The van der Waals surface area contributed by atoms with Gasteiger partial charge in [0.2, 0.25) is 17.7 Å². The molecule has 2 fully saturated rings. The molecular formula is C31H50N4O5. The smallest absolute Gasteiger partial charge is 0.246 e. The van der Waals surface area contributed by atoms with E-state index in [4.69, 9.17) is 4.74 Å². The highest BCUT2D eigenvalue weighted by Crippen LogP contribution is 2.30. The fraction of sp³-hybridized carbons (Fsp3) is 0.710. The predicted molar refractivity (Wildman–Crippen MR) is 156 cm³/mol. The minimum atomic E-state index is -1.15. The van der Waals surface area contributed by atoms with Crippen LogP contribution in [-0.4, -0.2) is 84.8 Å². The molecule has 1 aromatic carbocycles. The number of aliphatic hydroxyl groups excluding tert-OH is 1. The van der Waals surface area contributed by atoms with Crippen molar-refractivity contribution in [3.05, 3.63) is 35.9 Å². The van der Waals surface area contributed by atoms with E-state index in [9.17, 15) is 19.5 Å². The van der Waals surface area contributed by atoms with Crippen molar-refractivity contribution in [1.29, 1.82) is 0 Å². The summed E-state index contributed by atoms with van der Waals surface area (Å²) in [5.74, 6) is -0.630. The molecular weight excluding hydrogens is 508 g/mol. The number of aliphatic hydroxyl groups is 1. The molecule has 1 aliphatic heterocycles. The largest absolute Gasteiger partial charge is 0.391 e. The fourth-order valence-electron chi connectivity index (χ4n) is 6.01. The van der Waals surface area contributed by atoms with Crippen molar-refractivity contribution in [3.8, 4) is 0 Å². The Hall–Kier alpha value is -2.49. The Bertz CT molecular complexity index is 943. The van der Waals surface area contributed by atoms with Crippen molar-refractivity contribution in [3.63, 3.8) is 0 Å². The summed E-state index contributed by atoms with van der Waals surface area (Å²) in [5.41, 5.74) is 0.909. The summed E-state index contributed by atoms with van der Waals surface area (Å²) in [7, 11) is 1.55. The molecule has 0 spiro atoms. The summed E-state index contributed by atoms with van der Waals surface area (Å²) in [6, 6.07) is 7.00. The number of hydrogen-bond donors (Lipinski definition) is 4. The Labute approximate surface area is 239 Å². The van der Waals surface area contributed by atoms with Gasteiger partial charge in [-0.1, -0.05) is 63.4 Å². The van der Waals surface area contributed by atoms with Gasteiger partial charge in [0.25, 0.3) is 0 Å². The van der Waals surface area contributed by atoms with Gasteiger partial charge in [-0.25, -0.2) is 0 Å². The number of rotatable bonds is 5. The third-order valence-electron chi connectivity index (χ3n) is 8.57. The highest BCUT2D eigenvalue weighted by molar-refractivity contribution is 5.93. The molecule has 7 unspecified atom stereocenters. The van der Waals surface area contributed by atoms with E-state index in [1.165, 1.54) is 18.2 Å². The Morgan fingerprint density at radius 2 is 1.70 bits per heavy atom. The van der Waals surface area contributed by atoms with Crippen LogP contribution < -0.4 is 16.0 Å². The molecule has 0 bridgehead atoms. The molecule has 7 atom stereocenters. The van der Waals surface area contributed by atoms with Gasteiger partial charge >= 0.3 is 0 Å². The summed E-state index contributed by atoms with van der Waals surface area (Å²) < 4.78 is 6.32. The van der Waals surface area contributed by atoms with E-state index >= 15 is 0 Å². The molecule has 0 aromatic heterocycles. The monoisotopic (exact) mass is 558 g/mol. The third-order valence-corrected chi connectivity index (χ3v) is 8.57. The number of nitrogens with zero attached hydrogens (tertiary/aromatic N) is 1. The maximum Gasteiger partial charge on any atom is 0.246 e. The molecule has 3 rings (SSSR count). The van der Waals surface area contributed by atoms with Crippen LogP contribution in [0.5, 0.6) is 0 Å². The van der Waals surface area contributed by atoms with Gasteiger partial charge in [-0.05, 0) is 50.0 Å². The van der Waals surface area contributed by atoms with Gasteiger partial charge in [-0.3, -0.25) is 14.4 Å². The molecule has 2 aliphatic rings. The maximum absolute atomic E-state index is 13.7. The second-order valence-electron chi connectivity index (χ2n) is 11.6. The number of hydrogen-bond acceptors (Lipinski definition) is 6. The van der Waals surface area contributed by atoms with Crippen molar-refractivity contribution in [2.45, 2.75) is 102 Å². The highest BCUT2D eigenvalue weighted by atomic mass is 16.5. The predicted octanol–water partition coefficient (Wildman–Crippen LogP) is 2.41. The summed E-state index contributed by atoms with van der Waals surface area (Å²) in [5, 5.41) is 19.9. The zero-order chi connectivity index (χ0) is 29.1. The standard InChI is InChI=1S/C31H50N4O5/c1-5-21(2)27-31(39)35(4)28(22(3)36)30(38)34-25(20-23-12-7-6-8-13-23)29(37)33-17-11-15-24-14-9-10-16-26(24)40-19-18-32-27/h6-8,12-13,21-22,24-28,32,36H,5,9-11,14-20H2,1-4H3,(H,33,37)(H,34,38). The summed E-state index contributed by atoms with van der Waals surface area (Å²) in [4.78, 5) is 41.9. The van der Waals surface area contributed by atoms with Gasteiger partial charge in [0.1, 0.15) is 12.1 Å². The average Bonchev–Trinajstić information content (AvgIpc) is 2.94. The van der Waals surface area contributed by atoms with Gasteiger partial charge in [0.05, 0.1) is 24.9 Å². The van der Waals surface area contributed by atoms with Crippen molar-refractivity contribution < 1.29 is 24.2 Å². The minimum absolute atomic E-state index is 0.0114. The Balaban J connectivity index is 1.87. The molecule has 9 nitrogen and oxygen atoms in total. The summed E-state index contributed by atoms with van der Waals surface area (Å²) in [6.07, 6.45) is 6.45. The quantitative estimate of drug-likeness (QED) is 0.441. The van der Waals surface area contributed by atoms with Gasteiger partial charge in [0, 0.05) is 26.6 Å². The number of benzene rings is 1. The van der Waals surface area contributed by atoms with E-state index < -0.39 is 30.1 Å². The molecule has 9 heteroatoms. The van der Waals surface area contributed by atoms with Crippen LogP contribution in [0.15, 0.2) is 30.3 Å². The van der Waals surface area contributed by atoms with Crippen LogP contribution in [-0.2, 0) is 25.5 Å². The third kappa shape index (κ3) is 9.01. The van der Waals surface area contributed by atoms with E-state index in [2.05, 4.69) is 16.0 Å². The first-order valence-corrected chi connectivity index (χ1v) is 15.1. The van der Waals surface area contributed by atoms with Crippen LogP contribution in [0.25, 0.3) is 0 Å². The number of carbonyl (C=O) groups excluding carboxylic acids is 3. The SMILES string of the molecule is CCC(C)C1NCCOC2CCCCC2CCCNC(=O)C(Cc2ccccc2)NC(=O)C(C(C)O)N(C)C1=O. The topological polar surface area (TPSA) is 120 Å². The molecule has 1 aromatic rings. The lowest BCUT2D eigenvalue weighted by molar-refractivity contribution is -0.146. The van der Waals surface area contributed by atoms with Crippen LogP contribution in [0.3, 0.4) is 0 Å². The molecule has 0 radical (unpaired) electrons. The number of likely N-dealkylation sites (N-methyl/N-ethyl adjacent to an activating group) is 1. The first kappa shape index (κ1) is 32.0. The average molecular weight is 559 g/mol. The zero-order valence-electron chi connectivity index (χ0n) is 24.7. The molecule has 1 heterocycles. The summed E-state index contributed by atoms with van der Waals surface area (Å²) >= 11 is 0. The van der Waals surface area contributed by atoms with E-state index in [0.717, 1.165) is 44.1 Å². The molecule has 224 valence electrons. The minimum Gasteiger partial charge on any atom is -0.391 e. The molecule has 1 aliphatic carbocycles.